The SMILES string of the molecule is O=C(O)COc1ccc2cc(-c3nc(OCc4ccccc4)cc(C(F)(F)F)n3)ccc2c1. The Labute approximate surface area is 186 Å². The molecule has 0 radical (unpaired) electrons. The van der Waals surface area contributed by atoms with Gasteiger partial charge in [0, 0.05) is 11.6 Å². The van der Waals surface area contributed by atoms with Crippen LogP contribution in [0.3, 0.4) is 0 Å². The highest BCUT2D eigenvalue weighted by molar-refractivity contribution is 5.87. The summed E-state index contributed by atoms with van der Waals surface area (Å²) in [5, 5.41) is 10.1. The maximum absolute atomic E-state index is 13.5. The first-order chi connectivity index (χ1) is 15.8. The van der Waals surface area contributed by atoms with E-state index in [2.05, 4.69) is 9.97 Å². The van der Waals surface area contributed by atoms with E-state index in [1.54, 1.807) is 60.7 Å². The molecule has 0 fully saturated rings. The highest BCUT2D eigenvalue weighted by atomic mass is 19.4. The molecule has 168 valence electrons. The molecule has 0 aliphatic carbocycles. The monoisotopic (exact) mass is 454 g/mol. The fraction of sp³-hybridized carbons (Fsp3) is 0.125. The zero-order valence-corrected chi connectivity index (χ0v) is 17.0. The van der Waals surface area contributed by atoms with Crippen LogP contribution in [0.1, 0.15) is 11.3 Å². The van der Waals surface area contributed by atoms with Crippen LogP contribution in [0.2, 0.25) is 0 Å². The molecular weight excluding hydrogens is 437 g/mol. The highest BCUT2D eigenvalue weighted by Gasteiger charge is 2.34. The number of carboxylic acid groups (broad SMARTS) is 1. The lowest BCUT2D eigenvalue weighted by molar-refractivity contribution is -0.141. The van der Waals surface area contributed by atoms with Gasteiger partial charge in [0.2, 0.25) is 5.88 Å². The van der Waals surface area contributed by atoms with Crippen LogP contribution in [-0.2, 0) is 17.6 Å². The Morgan fingerprint density at radius 3 is 2.33 bits per heavy atom. The van der Waals surface area contributed by atoms with Gasteiger partial charge in [-0.1, -0.05) is 48.5 Å². The second kappa shape index (κ2) is 9.15. The van der Waals surface area contributed by atoms with Crippen molar-refractivity contribution in [1.82, 2.24) is 9.97 Å². The van der Waals surface area contributed by atoms with Gasteiger partial charge in [-0.2, -0.15) is 18.2 Å². The van der Waals surface area contributed by atoms with E-state index in [-0.39, 0.29) is 18.3 Å². The second-order valence-electron chi connectivity index (χ2n) is 7.09. The Balaban J connectivity index is 1.66. The first-order valence-corrected chi connectivity index (χ1v) is 9.80. The van der Waals surface area contributed by atoms with E-state index in [4.69, 9.17) is 14.6 Å². The molecule has 0 amide bonds. The van der Waals surface area contributed by atoms with E-state index < -0.39 is 24.4 Å². The number of aliphatic carboxylic acids is 1. The van der Waals surface area contributed by atoms with E-state index in [0.29, 0.717) is 22.1 Å². The predicted molar refractivity (Wildman–Crippen MR) is 114 cm³/mol. The molecule has 0 saturated carbocycles. The molecule has 0 spiro atoms. The number of fused-ring (bicyclic) bond motifs is 1. The summed E-state index contributed by atoms with van der Waals surface area (Å²) >= 11 is 0. The maximum atomic E-state index is 13.5. The van der Waals surface area contributed by atoms with Crippen LogP contribution in [0, 0.1) is 0 Å². The number of hydrogen-bond acceptors (Lipinski definition) is 5. The first kappa shape index (κ1) is 22.1. The van der Waals surface area contributed by atoms with Crippen LogP contribution in [0.15, 0.2) is 72.8 Å². The fourth-order valence-electron chi connectivity index (χ4n) is 3.10. The normalized spacial score (nSPS) is 11.4. The average molecular weight is 454 g/mol. The lowest BCUT2D eigenvalue weighted by atomic mass is 10.1. The zero-order valence-electron chi connectivity index (χ0n) is 17.0. The van der Waals surface area contributed by atoms with Crippen LogP contribution < -0.4 is 9.47 Å². The molecule has 0 saturated heterocycles. The Morgan fingerprint density at radius 2 is 1.61 bits per heavy atom. The summed E-state index contributed by atoms with van der Waals surface area (Å²) in [5.41, 5.74) is 0.0586. The Kier molecular flexibility index (Phi) is 6.12. The van der Waals surface area contributed by atoms with E-state index in [0.717, 1.165) is 11.6 Å². The predicted octanol–water partition coefficient (Wildman–Crippen LogP) is 5.36. The first-order valence-electron chi connectivity index (χ1n) is 9.80. The largest absolute Gasteiger partial charge is 0.482 e. The number of nitrogens with zero attached hydrogens (tertiary/aromatic N) is 2. The van der Waals surface area contributed by atoms with Crippen molar-refractivity contribution in [2.45, 2.75) is 12.8 Å². The van der Waals surface area contributed by atoms with Crippen molar-refractivity contribution >= 4 is 16.7 Å². The molecule has 1 N–H and O–H groups in total. The lowest BCUT2D eigenvalue weighted by Gasteiger charge is -2.12. The van der Waals surface area contributed by atoms with Gasteiger partial charge in [-0.15, -0.1) is 0 Å². The van der Waals surface area contributed by atoms with Crippen LogP contribution in [0.5, 0.6) is 11.6 Å². The van der Waals surface area contributed by atoms with E-state index in [1.807, 2.05) is 6.07 Å². The van der Waals surface area contributed by atoms with Gasteiger partial charge in [0.1, 0.15) is 12.4 Å². The molecule has 0 bridgehead atoms. The molecule has 4 rings (SSSR count). The third-order valence-corrected chi connectivity index (χ3v) is 4.65. The van der Waals surface area contributed by atoms with Crippen LogP contribution in [-0.4, -0.2) is 27.7 Å². The molecule has 6 nitrogen and oxygen atoms in total. The van der Waals surface area contributed by atoms with Crippen molar-refractivity contribution in [3.63, 3.8) is 0 Å². The Morgan fingerprint density at radius 1 is 0.879 bits per heavy atom. The molecule has 33 heavy (non-hydrogen) atoms. The molecule has 0 unspecified atom stereocenters. The minimum absolute atomic E-state index is 0.0609. The number of halogens is 3. The minimum Gasteiger partial charge on any atom is -0.482 e. The van der Waals surface area contributed by atoms with E-state index in [1.165, 1.54) is 0 Å². The van der Waals surface area contributed by atoms with E-state index in [9.17, 15) is 18.0 Å². The zero-order chi connectivity index (χ0) is 23.4. The number of benzene rings is 3. The number of aromatic nitrogens is 2. The standard InChI is InChI=1S/C24H17F3N2O4/c25-24(26,27)20-12-21(33-13-15-4-2-1-3-5-15)29-23(28-20)18-7-6-17-11-19(32-14-22(30)31)9-8-16(17)10-18/h1-12H,13-14H2,(H,30,31). The number of carboxylic acids is 1. The Bertz CT molecular complexity index is 1290. The number of ether oxygens (including phenoxy) is 2. The molecule has 1 heterocycles. The van der Waals surface area contributed by atoms with Gasteiger partial charge in [-0.25, -0.2) is 9.78 Å². The van der Waals surface area contributed by atoms with Crippen LogP contribution in [0.25, 0.3) is 22.2 Å². The van der Waals surface area contributed by atoms with Crippen LogP contribution >= 0.6 is 0 Å². The molecule has 3 aromatic carbocycles. The van der Waals surface area contributed by atoms with Gasteiger partial charge < -0.3 is 14.6 Å². The van der Waals surface area contributed by atoms with Crippen molar-refractivity contribution < 1.29 is 32.5 Å². The topological polar surface area (TPSA) is 81.5 Å². The average Bonchev–Trinajstić information content (AvgIpc) is 2.81. The van der Waals surface area contributed by atoms with Crippen molar-refractivity contribution in [2.24, 2.45) is 0 Å². The molecular formula is C24H17F3N2O4. The molecule has 0 atom stereocenters. The fourth-order valence-corrected chi connectivity index (χ4v) is 3.10. The summed E-state index contributed by atoms with van der Waals surface area (Å²) in [5.74, 6) is -1.04. The number of rotatable bonds is 7. The summed E-state index contributed by atoms with van der Waals surface area (Å²) in [7, 11) is 0. The smallest absolute Gasteiger partial charge is 0.433 e. The Hall–Kier alpha value is -4.14. The third-order valence-electron chi connectivity index (χ3n) is 4.65. The summed E-state index contributed by atoms with van der Waals surface area (Å²) in [6.45, 7) is -0.418. The summed E-state index contributed by atoms with van der Waals surface area (Å²) in [6.07, 6.45) is -4.67. The number of hydrogen-bond donors (Lipinski definition) is 1. The summed E-state index contributed by atoms with van der Waals surface area (Å²) in [6, 6.07) is 19.6. The molecule has 0 aliphatic heterocycles. The summed E-state index contributed by atoms with van der Waals surface area (Å²) in [4.78, 5) is 18.5. The lowest BCUT2D eigenvalue weighted by Crippen LogP contribution is -2.11. The number of carbonyl (C=O) groups is 1. The van der Waals surface area contributed by atoms with Crippen LogP contribution in [0.4, 0.5) is 13.2 Å². The number of alkyl halides is 3. The van der Waals surface area contributed by atoms with Crippen molar-refractivity contribution in [3.05, 3.63) is 84.1 Å². The van der Waals surface area contributed by atoms with Gasteiger partial charge in [0.25, 0.3) is 0 Å². The van der Waals surface area contributed by atoms with Crippen molar-refractivity contribution in [1.29, 1.82) is 0 Å². The maximum Gasteiger partial charge on any atom is 0.433 e. The highest BCUT2D eigenvalue weighted by Crippen LogP contribution is 2.32. The van der Waals surface area contributed by atoms with E-state index >= 15 is 0 Å². The van der Waals surface area contributed by atoms with Gasteiger partial charge in [0.15, 0.2) is 18.1 Å². The van der Waals surface area contributed by atoms with Gasteiger partial charge in [0.05, 0.1) is 0 Å². The summed E-state index contributed by atoms with van der Waals surface area (Å²) < 4.78 is 51.0. The third kappa shape index (κ3) is 5.57. The van der Waals surface area contributed by atoms with Gasteiger partial charge in [-0.3, -0.25) is 0 Å². The molecule has 4 aromatic rings. The molecule has 9 heteroatoms. The minimum atomic E-state index is -4.67. The van der Waals surface area contributed by atoms with Gasteiger partial charge in [-0.05, 0) is 34.5 Å². The molecule has 1 aromatic heterocycles. The second-order valence-corrected chi connectivity index (χ2v) is 7.09. The molecule has 0 aliphatic rings. The van der Waals surface area contributed by atoms with Crippen molar-refractivity contribution in [2.75, 3.05) is 6.61 Å². The quantitative estimate of drug-likeness (QED) is 0.405. The van der Waals surface area contributed by atoms with Crippen molar-refractivity contribution in [3.8, 4) is 23.0 Å². The van der Waals surface area contributed by atoms with Gasteiger partial charge >= 0.3 is 12.1 Å².